The van der Waals surface area contributed by atoms with Crippen LogP contribution in [0.15, 0.2) is 91.3 Å². The van der Waals surface area contributed by atoms with Crippen LogP contribution in [0, 0.1) is 0 Å². The highest BCUT2D eigenvalue weighted by Crippen LogP contribution is 2.45. The zero-order valence-electron chi connectivity index (χ0n) is 18.4. The zero-order chi connectivity index (χ0) is 22.8. The summed E-state index contributed by atoms with van der Waals surface area (Å²) in [5, 5.41) is 4.13. The van der Waals surface area contributed by atoms with E-state index >= 15 is 0 Å². The van der Waals surface area contributed by atoms with E-state index < -0.39 is 0 Å². The van der Waals surface area contributed by atoms with Crippen molar-refractivity contribution in [1.29, 1.82) is 0 Å². The van der Waals surface area contributed by atoms with Crippen LogP contribution in [0.2, 0.25) is 0 Å². The van der Waals surface area contributed by atoms with Gasteiger partial charge in [0, 0.05) is 18.1 Å². The average Bonchev–Trinajstić information content (AvgIpc) is 3.48. The van der Waals surface area contributed by atoms with Crippen LogP contribution in [0.3, 0.4) is 0 Å². The highest BCUT2D eigenvalue weighted by atomic mass is 32.1. The van der Waals surface area contributed by atoms with E-state index in [4.69, 9.17) is 21.7 Å². The maximum Gasteiger partial charge on any atom is 0.174 e. The summed E-state index contributed by atoms with van der Waals surface area (Å²) in [5.41, 5.74) is 3.81. The number of pyridine rings is 1. The van der Waals surface area contributed by atoms with Crippen molar-refractivity contribution in [2.45, 2.75) is 12.1 Å². The van der Waals surface area contributed by atoms with Gasteiger partial charge in [-0.05, 0) is 60.7 Å². The van der Waals surface area contributed by atoms with Gasteiger partial charge in [0.05, 0.1) is 37.3 Å². The van der Waals surface area contributed by atoms with Crippen LogP contribution in [0.25, 0.3) is 5.69 Å². The second-order valence-corrected chi connectivity index (χ2v) is 8.03. The maximum atomic E-state index is 5.86. The summed E-state index contributed by atoms with van der Waals surface area (Å²) < 4.78 is 13.5. The molecule has 2 unspecified atom stereocenters. The first-order chi connectivity index (χ1) is 16.2. The first kappa shape index (κ1) is 21.0. The lowest BCUT2D eigenvalue weighted by molar-refractivity contribution is 0.411. The summed E-state index contributed by atoms with van der Waals surface area (Å²) in [6.07, 6.45) is 3.85. The predicted molar refractivity (Wildman–Crippen MR) is 133 cm³/mol. The standard InChI is InChI=1S/C26H24N4O2S/c1-31-22-14-5-3-11-19(22)29-17-9-13-21(29)25-24(18-10-7-8-16-27-18)28-26(33)30(25)20-12-4-6-15-23(20)32-2/h3-17,24-25H,1-2H3,(H,28,33). The minimum Gasteiger partial charge on any atom is -0.495 e. The summed E-state index contributed by atoms with van der Waals surface area (Å²) in [4.78, 5) is 6.77. The normalized spacial score (nSPS) is 17.6. The summed E-state index contributed by atoms with van der Waals surface area (Å²) >= 11 is 5.86. The van der Waals surface area contributed by atoms with E-state index in [1.807, 2.05) is 85.2 Å². The lowest BCUT2D eigenvalue weighted by Crippen LogP contribution is -2.30. The Bertz CT molecular complexity index is 1270. The summed E-state index contributed by atoms with van der Waals surface area (Å²) in [6, 6.07) is 25.7. The number of hydrogen-bond acceptors (Lipinski definition) is 4. The minimum atomic E-state index is -0.177. The first-order valence-electron chi connectivity index (χ1n) is 10.7. The Balaban J connectivity index is 1.71. The van der Waals surface area contributed by atoms with Gasteiger partial charge in [0.15, 0.2) is 5.11 Å². The number of rotatable bonds is 6. The molecular weight excluding hydrogens is 432 g/mol. The molecule has 1 aliphatic rings. The van der Waals surface area contributed by atoms with Gasteiger partial charge in [-0.25, -0.2) is 0 Å². The average molecular weight is 457 g/mol. The Hall–Kier alpha value is -3.84. The molecule has 7 heteroatoms. The summed E-state index contributed by atoms with van der Waals surface area (Å²) in [5.74, 6) is 1.55. The van der Waals surface area contributed by atoms with Gasteiger partial charge in [-0.15, -0.1) is 0 Å². The quantitative estimate of drug-likeness (QED) is 0.409. The fourth-order valence-corrected chi connectivity index (χ4v) is 4.77. The van der Waals surface area contributed by atoms with Gasteiger partial charge in [-0.1, -0.05) is 30.3 Å². The van der Waals surface area contributed by atoms with E-state index in [2.05, 4.69) is 25.8 Å². The van der Waals surface area contributed by atoms with E-state index in [1.165, 1.54) is 0 Å². The van der Waals surface area contributed by atoms with Crippen molar-refractivity contribution in [2.24, 2.45) is 0 Å². The van der Waals surface area contributed by atoms with Gasteiger partial charge in [-0.2, -0.15) is 0 Å². The van der Waals surface area contributed by atoms with Gasteiger partial charge >= 0.3 is 0 Å². The van der Waals surface area contributed by atoms with Crippen LogP contribution < -0.4 is 19.7 Å². The van der Waals surface area contributed by atoms with Crippen LogP contribution >= 0.6 is 12.2 Å². The van der Waals surface area contributed by atoms with Crippen LogP contribution in [-0.2, 0) is 0 Å². The van der Waals surface area contributed by atoms with Crippen molar-refractivity contribution >= 4 is 23.0 Å². The highest BCUT2D eigenvalue weighted by Gasteiger charge is 2.43. The molecule has 1 fully saturated rings. The van der Waals surface area contributed by atoms with Gasteiger partial charge < -0.3 is 24.3 Å². The molecule has 1 saturated heterocycles. The first-order valence-corrected chi connectivity index (χ1v) is 11.1. The number of thiocarbonyl (C=S) groups is 1. The minimum absolute atomic E-state index is 0.160. The van der Waals surface area contributed by atoms with Crippen LogP contribution in [0.1, 0.15) is 23.5 Å². The molecule has 0 bridgehead atoms. The van der Waals surface area contributed by atoms with Crippen molar-refractivity contribution in [1.82, 2.24) is 14.9 Å². The molecule has 2 aromatic heterocycles. The largest absolute Gasteiger partial charge is 0.495 e. The van der Waals surface area contributed by atoms with E-state index in [0.717, 1.165) is 34.3 Å². The maximum absolute atomic E-state index is 5.86. The second kappa shape index (κ2) is 8.96. The molecular formula is C26H24N4O2S. The fourth-order valence-electron chi connectivity index (χ4n) is 4.43. The Labute approximate surface area is 198 Å². The van der Waals surface area contributed by atoms with Crippen LogP contribution in [0.4, 0.5) is 5.69 Å². The van der Waals surface area contributed by atoms with E-state index in [1.54, 1.807) is 14.2 Å². The SMILES string of the molecule is COc1ccccc1N1C(=S)NC(c2ccccn2)C1c1cccn1-c1ccccc1OC. The molecule has 5 rings (SSSR count). The number of anilines is 1. The number of nitrogens with one attached hydrogen (secondary N) is 1. The molecule has 0 aliphatic carbocycles. The van der Waals surface area contributed by atoms with Crippen molar-refractivity contribution in [2.75, 3.05) is 19.1 Å². The third kappa shape index (κ3) is 3.70. The van der Waals surface area contributed by atoms with E-state index in [9.17, 15) is 0 Å². The molecule has 0 amide bonds. The number of methoxy groups -OCH3 is 2. The summed E-state index contributed by atoms with van der Waals surface area (Å²) in [6.45, 7) is 0. The molecule has 0 spiro atoms. The molecule has 1 N–H and O–H groups in total. The third-order valence-electron chi connectivity index (χ3n) is 5.87. The predicted octanol–water partition coefficient (Wildman–Crippen LogP) is 5.07. The monoisotopic (exact) mass is 456 g/mol. The zero-order valence-corrected chi connectivity index (χ0v) is 19.2. The number of hydrogen-bond donors (Lipinski definition) is 1. The Morgan fingerprint density at radius 1 is 0.818 bits per heavy atom. The van der Waals surface area contributed by atoms with Crippen molar-refractivity contribution < 1.29 is 9.47 Å². The molecule has 33 heavy (non-hydrogen) atoms. The lowest BCUT2D eigenvalue weighted by atomic mass is 10.0. The van der Waals surface area contributed by atoms with E-state index in [-0.39, 0.29) is 12.1 Å². The topological polar surface area (TPSA) is 51.5 Å². The number of nitrogens with zero attached hydrogens (tertiary/aromatic N) is 3. The van der Waals surface area contributed by atoms with Crippen molar-refractivity contribution in [3.05, 3.63) is 103 Å². The lowest BCUT2D eigenvalue weighted by Gasteiger charge is -2.30. The number of aromatic nitrogens is 2. The molecule has 0 saturated carbocycles. The molecule has 4 aromatic rings. The van der Waals surface area contributed by atoms with Gasteiger partial charge in [0.1, 0.15) is 17.5 Å². The van der Waals surface area contributed by atoms with Gasteiger partial charge in [-0.3, -0.25) is 4.98 Å². The van der Waals surface area contributed by atoms with Crippen LogP contribution in [0.5, 0.6) is 11.5 Å². The van der Waals surface area contributed by atoms with Gasteiger partial charge in [0.25, 0.3) is 0 Å². The Morgan fingerprint density at radius 2 is 1.48 bits per heavy atom. The molecule has 2 atom stereocenters. The molecule has 0 radical (unpaired) electrons. The van der Waals surface area contributed by atoms with Crippen LogP contribution in [-0.4, -0.2) is 28.9 Å². The molecule has 166 valence electrons. The molecule has 6 nitrogen and oxygen atoms in total. The van der Waals surface area contributed by atoms with Crippen molar-refractivity contribution in [3.8, 4) is 17.2 Å². The molecule has 3 heterocycles. The molecule has 2 aromatic carbocycles. The number of para-hydroxylation sites is 4. The molecule has 1 aliphatic heterocycles. The third-order valence-corrected chi connectivity index (χ3v) is 6.19. The second-order valence-electron chi connectivity index (χ2n) is 7.64. The Morgan fingerprint density at radius 3 is 2.18 bits per heavy atom. The number of benzene rings is 2. The Kier molecular flexibility index (Phi) is 5.71. The van der Waals surface area contributed by atoms with Crippen molar-refractivity contribution in [3.63, 3.8) is 0 Å². The summed E-state index contributed by atoms with van der Waals surface area (Å²) in [7, 11) is 3.36. The van der Waals surface area contributed by atoms with Gasteiger partial charge in [0.2, 0.25) is 0 Å². The smallest absolute Gasteiger partial charge is 0.174 e. The number of ether oxygens (including phenoxy) is 2. The fraction of sp³-hybridized carbons (Fsp3) is 0.154. The highest BCUT2D eigenvalue weighted by molar-refractivity contribution is 7.80. The van der Waals surface area contributed by atoms with E-state index in [0.29, 0.717) is 5.11 Å².